The molecule has 2 rings (SSSR count). The van der Waals surface area contributed by atoms with Gasteiger partial charge in [0, 0.05) is 4.70 Å². The monoisotopic (exact) mass is 190 g/mol. The van der Waals surface area contributed by atoms with Crippen LogP contribution in [0, 0.1) is 6.92 Å². The minimum absolute atomic E-state index is 0.631. The summed E-state index contributed by atoms with van der Waals surface area (Å²) in [7, 11) is 0. The zero-order valence-corrected chi connectivity index (χ0v) is 9.11. The second-order valence-electron chi connectivity index (χ2n) is 3.83. The first kappa shape index (κ1) is 8.76. The van der Waals surface area contributed by atoms with E-state index in [1.807, 2.05) is 11.3 Å². The van der Waals surface area contributed by atoms with E-state index in [1.165, 1.54) is 21.2 Å². The number of fused-ring (bicyclic) bond motifs is 1. The van der Waals surface area contributed by atoms with Crippen LogP contribution in [-0.4, -0.2) is 0 Å². The molecule has 0 radical (unpaired) electrons. The van der Waals surface area contributed by atoms with E-state index in [1.54, 1.807) is 0 Å². The number of thiophene rings is 1. The van der Waals surface area contributed by atoms with E-state index in [0.29, 0.717) is 5.92 Å². The Morgan fingerprint density at radius 3 is 2.69 bits per heavy atom. The van der Waals surface area contributed by atoms with Crippen molar-refractivity contribution in [1.82, 2.24) is 0 Å². The predicted octanol–water partition coefficient (Wildman–Crippen LogP) is 4.33. The van der Waals surface area contributed by atoms with E-state index in [-0.39, 0.29) is 0 Å². The summed E-state index contributed by atoms with van der Waals surface area (Å²) in [4.78, 5) is 0. The van der Waals surface area contributed by atoms with Crippen LogP contribution in [0.4, 0.5) is 0 Å². The molecular weight excluding hydrogens is 176 g/mol. The highest BCUT2D eigenvalue weighted by molar-refractivity contribution is 7.17. The van der Waals surface area contributed by atoms with Crippen LogP contribution < -0.4 is 0 Å². The van der Waals surface area contributed by atoms with Gasteiger partial charge in [-0.05, 0) is 40.8 Å². The van der Waals surface area contributed by atoms with Gasteiger partial charge in [0.1, 0.15) is 0 Å². The second-order valence-corrected chi connectivity index (χ2v) is 4.74. The van der Waals surface area contributed by atoms with E-state index < -0.39 is 0 Å². The first-order valence-electron chi connectivity index (χ1n) is 4.66. The van der Waals surface area contributed by atoms with Gasteiger partial charge in [0.2, 0.25) is 0 Å². The second kappa shape index (κ2) is 3.15. The maximum atomic E-state index is 2.32. The molecule has 0 amide bonds. The van der Waals surface area contributed by atoms with E-state index >= 15 is 0 Å². The van der Waals surface area contributed by atoms with Gasteiger partial charge in [-0.25, -0.2) is 0 Å². The summed E-state index contributed by atoms with van der Waals surface area (Å²) in [6, 6.07) is 6.81. The van der Waals surface area contributed by atoms with Crippen LogP contribution in [0.15, 0.2) is 23.6 Å². The standard InChI is InChI=1S/C12H14S/c1-8(2)10-4-5-11-9(3)7-13-12(11)6-10/h4-8H,1-3H3. The zero-order valence-electron chi connectivity index (χ0n) is 8.29. The molecule has 0 unspecified atom stereocenters. The van der Waals surface area contributed by atoms with Gasteiger partial charge in [0.05, 0.1) is 0 Å². The van der Waals surface area contributed by atoms with E-state index in [2.05, 4.69) is 44.4 Å². The Labute approximate surface area is 83.2 Å². The fourth-order valence-corrected chi connectivity index (χ4v) is 2.53. The van der Waals surface area contributed by atoms with Crippen molar-refractivity contribution >= 4 is 21.4 Å². The molecule has 0 aliphatic rings. The van der Waals surface area contributed by atoms with E-state index in [9.17, 15) is 0 Å². The lowest BCUT2D eigenvalue weighted by molar-refractivity contribution is 0.869. The lowest BCUT2D eigenvalue weighted by Gasteiger charge is -2.04. The molecule has 0 fully saturated rings. The molecule has 0 nitrogen and oxygen atoms in total. The Morgan fingerprint density at radius 1 is 1.23 bits per heavy atom. The van der Waals surface area contributed by atoms with E-state index in [4.69, 9.17) is 0 Å². The van der Waals surface area contributed by atoms with Crippen molar-refractivity contribution in [2.24, 2.45) is 0 Å². The lowest BCUT2D eigenvalue weighted by atomic mass is 10.0. The van der Waals surface area contributed by atoms with Crippen LogP contribution in [0.25, 0.3) is 10.1 Å². The average molecular weight is 190 g/mol. The van der Waals surface area contributed by atoms with Gasteiger partial charge in [-0.1, -0.05) is 26.0 Å². The topological polar surface area (TPSA) is 0 Å². The van der Waals surface area contributed by atoms with Gasteiger partial charge in [-0.3, -0.25) is 0 Å². The summed E-state index contributed by atoms with van der Waals surface area (Å²) in [5.74, 6) is 0.631. The summed E-state index contributed by atoms with van der Waals surface area (Å²) < 4.78 is 1.42. The quantitative estimate of drug-likeness (QED) is 0.627. The number of aryl methyl sites for hydroxylation is 1. The van der Waals surface area contributed by atoms with Crippen molar-refractivity contribution in [2.45, 2.75) is 26.7 Å². The van der Waals surface area contributed by atoms with Gasteiger partial charge in [-0.15, -0.1) is 11.3 Å². The molecule has 0 aliphatic heterocycles. The molecule has 2 aromatic rings. The van der Waals surface area contributed by atoms with Gasteiger partial charge in [0.15, 0.2) is 0 Å². The van der Waals surface area contributed by atoms with Gasteiger partial charge in [-0.2, -0.15) is 0 Å². The molecule has 1 aromatic heterocycles. The van der Waals surface area contributed by atoms with Gasteiger partial charge >= 0.3 is 0 Å². The maximum Gasteiger partial charge on any atom is 0.0348 e. The van der Waals surface area contributed by atoms with Crippen molar-refractivity contribution in [1.29, 1.82) is 0 Å². The molecule has 0 spiro atoms. The molecule has 0 aliphatic carbocycles. The maximum absolute atomic E-state index is 2.32. The number of hydrogen-bond donors (Lipinski definition) is 0. The smallest absolute Gasteiger partial charge is 0.0348 e. The molecule has 1 heterocycles. The molecule has 1 aromatic carbocycles. The fraction of sp³-hybridized carbons (Fsp3) is 0.333. The molecule has 0 atom stereocenters. The highest BCUT2D eigenvalue weighted by Gasteiger charge is 2.03. The zero-order chi connectivity index (χ0) is 9.42. The number of hydrogen-bond acceptors (Lipinski definition) is 1. The largest absolute Gasteiger partial charge is 0.144 e. The van der Waals surface area contributed by atoms with Crippen molar-refractivity contribution in [3.05, 3.63) is 34.7 Å². The van der Waals surface area contributed by atoms with Crippen LogP contribution >= 0.6 is 11.3 Å². The molecule has 13 heavy (non-hydrogen) atoms. The van der Waals surface area contributed by atoms with Crippen molar-refractivity contribution < 1.29 is 0 Å². The Balaban J connectivity index is 2.63. The van der Waals surface area contributed by atoms with Crippen molar-refractivity contribution in [3.63, 3.8) is 0 Å². The minimum Gasteiger partial charge on any atom is -0.144 e. The first-order valence-corrected chi connectivity index (χ1v) is 5.54. The van der Waals surface area contributed by atoms with E-state index in [0.717, 1.165) is 0 Å². The average Bonchev–Trinajstić information content (AvgIpc) is 2.47. The Morgan fingerprint density at radius 2 is 2.00 bits per heavy atom. The Bertz CT molecular complexity index is 424. The third-order valence-corrected chi connectivity index (χ3v) is 3.52. The minimum atomic E-state index is 0.631. The Hall–Kier alpha value is -0.820. The first-order chi connectivity index (χ1) is 6.18. The van der Waals surface area contributed by atoms with Gasteiger partial charge < -0.3 is 0 Å². The molecule has 0 N–H and O–H groups in total. The molecular formula is C12H14S. The van der Waals surface area contributed by atoms with Crippen LogP contribution in [0.1, 0.15) is 30.9 Å². The summed E-state index contributed by atoms with van der Waals surface area (Å²) >= 11 is 1.85. The third-order valence-electron chi connectivity index (χ3n) is 2.46. The third kappa shape index (κ3) is 1.49. The molecule has 1 heteroatoms. The number of rotatable bonds is 1. The van der Waals surface area contributed by atoms with Crippen molar-refractivity contribution in [2.75, 3.05) is 0 Å². The molecule has 68 valence electrons. The highest BCUT2D eigenvalue weighted by atomic mass is 32.1. The summed E-state index contributed by atoms with van der Waals surface area (Å²) in [5, 5.41) is 3.64. The van der Waals surface area contributed by atoms with Crippen LogP contribution in [-0.2, 0) is 0 Å². The normalized spacial score (nSPS) is 11.4. The molecule has 0 saturated heterocycles. The SMILES string of the molecule is Cc1csc2cc(C(C)C)ccc12. The summed E-state index contributed by atoms with van der Waals surface area (Å²) in [5.41, 5.74) is 2.84. The van der Waals surface area contributed by atoms with Crippen LogP contribution in [0.3, 0.4) is 0 Å². The molecule has 0 bridgehead atoms. The summed E-state index contributed by atoms with van der Waals surface area (Å²) in [6.07, 6.45) is 0. The van der Waals surface area contributed by atoms with Gasteiger partial charge in [0.25, 0.3) is 0 Å². The number of benzene rings is 1. The van der Waals surface area contributed by atoms with Crippen molar-refractivity contribution in [3.8, 4) is 0 Å². The highest BCUT2D eigenvalue weighted by Crippen LogP contribution is 2.28. The fourth-order valence-electron chi connectivity index (χ4n) is 1.54. The Kier molecular flexibility index (Phi) is 2.12. The predicted molar refractivity (Wildman–Crippen MR) is 60.7 cm³/mol. The van der Waals surface area contributed by atoms with Crippen LogP contribution in [0.2, 0.25) is 0 Å². The lowest BCUT2D eigenvalue weighted by Crippen LogP contribution is -1.85. The molecule has 0 saturated carbocycles. The van der Waals surface area contributed by atoms with Crippen LogP contribution in [0.5, 0.6) is 0 Å². The summed E-state index contributed by atoms with van der Waals surface area (Å²) in [6.45, 7) is 6.65.